The second-order valence-electron chi connectivity index (χ2n) is 6.03. The lowest BCUT2D eigenvalue weighted by Crippen LogP contribution is -2.18. The maximum Gasteiger partial charge on any atom is 0.272 e. The van der Waals surface area contributed by atoms with Crippen molar-refractivity contribution < 1.29 is 9.18 Å². The summed E-state index contributed by atoms with van der Waals surface area (Å²) in [5.74, 6) is -0.809. The molecule has 1 amide bonds. The molecule has 0 unspecified atom stereocenters. The SMILES string of the molecule is O=C(N/N=C/c1ccccc1F)c1cc(-c2ccncc2)nc2ccccc12. The smallest absolute Gasteiger partial charge is 0.267 e. The molecule has 0 atom stereocenters. The zero-order valence-corrected chi connectivity index (χ0v) is 14.7. The van der Waals surface area contributed by atoms with Crippen LogP contribution in [0.1, 0.15) is 15.9 Å². The van der Waals surface area contributed by atoms with Crippen LogP contribution in [0.25, 0.3) is 22.2 Å². The number of hydrazone groups is 1. The van der Waals surface area contributed by atoms with E-state index in [0.717, 1.165) is 5.56 Å². The zero-order valence-electron chi connectivity index (χ0n) is 14.7. The fourth-order valence-corrected chi connectivity index (χ4v) is 2.83. The van der Waals surface area contributed by atoms with Crippen molar-refractivity contribution in [3.63, 3.8) is 0 Å². The summed E-state index contributed by atoms with van der Waals surface area (Å²) >= 11 is 0. The molecular formula is C22H15FN4O. The number of amides is 1. The molecule has 0 aliphatic heterocycles. The van der Waals surface area contributed by atoms with Gasteiger partial charge in [-0.25, -0.2) is 14.8 Å². The Morgan fingerprint density at radius 3 is 2.57 bits per heavy atom. The Balaban J connectivity index is 1.69. The van der Waals surface area contributed by atoms with Crippen molar-refractivity contribution >= 4 is 23.0 Å². The molecule has 0 saturated heterocycles. The quantitative estimate of drug-likeness (QED) is 0.432. The van der Waals surface area contributed by atoms with Crippen LogP contribution in [-0.4, -0.2) is 22.1 Å². The van der Waals surface area contributed by atoms with Gasteiger partial charge in [-0.15, -0.1) is 0 Å². The van der Waals surface area contributed by atoms with Crippen molar-refractivity contribution in [3.8, 4) is 11.3 Å². The summed E-state index contributed by atoms with van der Waals surface area (Å²) in [5, 5.41) is 4.60. The second kappa shape index (κ2) is 7.75. The number of pyridine rings is 2. The van der Waals surface area contributed by atoms with Gasteiger partial charge in [-0.05, 0) is 30.3 Å². The number of nitrogens with zero attached hydrogens (tertiary/aromatic N) is 3. The number of fused-ring (bicyclic) bond motifs is 1. The lowest BCUT2D eigenvalue weighted by atomic mass is 10.0. The third-order valence-electron chi connectivity index (χ3n) is 4.21. The van der Waals surface area contributed by atoms with Gasteiger partial charge in [0.15, 0.2) is 0 Å². The Bertz CT molecular complexity index is 1180. The number of halogens is 1. The van der Waals surface area contributed by atoms with Crippen LogP contribution in [-0.2, 0) is 0 Å². The molecule has 0 bridgehead atoms. The molecule has 2 aromatic heterocycles. The van der Waals surface area contributed by atoms with E-state index >= 15 is 0 Å². The topological polar surface area (TPSA) is 67.2 Å². The normalized spacial score (nSPS) is 11.0. The molecule has 4 aromatic rings. The van der Waals surface area contributed by atoms with Crippen molar-refractivity contribution in [2.45, 2.75) is 0 Å². The molecule has 2 heterocycles. The lowest BCUT2D eigenvalue weighted by Gasteiger charge is -2.09. The van der Waals surface area contributed by atoms with Gasteiger partial charge >= 0.3 is 0 Å². The summed E-state index contributed by atoms with van der Waals surface area (Å²) in [4.78, 5) is 21.4. The molecule has 0 saturated carbocycles. The van der Waals surface area contributed by atoms with Crippen LogP contribution in [0.2, 0.25) is 0 Å². The minimum atomic E-state index is -0.408. The van der Waals surface area contributed by atoms with E-state index in [4.69, 9.17) is 0 Å². The van der Waals surface area contributed by atoms with E-state index < -0.39 is 11.7 Å². The molecule has 0 aliphatic carbocycles. The number of carbonyl (C=O) groups is 1. The van der Waals surface area contributed by atoms with E-state index in [1.807, 2.05) is 36.4 Å². The van der Waals surface area contributed by atoms with E-state index in [1.165, 1.54) is 12.3 Å². The monoisotopic (exact) mass is 370 g/mol. The van der Waals surface area contributed by atoms with Gasteiger partial charge in [0, 0.05) is 28.9 Å². The summed E-state index contributed by atoms with van der Waals surface area (Å²) in [6.45, 7) is 0. The van der Waals surface area contributed by atoms with Gasteiger partial charge in [0.2, 0.25) is 0 Å². The van der Waals surface area contributed by atoms with E-state index in [0.29, 0.717) is 27.7 Å². The number of aromatic nitrogens is 2. The molecule has 0 radical (unpaired) electrons. The zero-order chi connectivity index (χ0) is 19.3. The van der Waals surface area contributed by atoms with Crippen LogP contribution in [0.3, 0.4) is 0 Å². The average molecular weight is 370 g/mol. The summed E-state index contributed by atoms with van der Waals surface area (Å²) in [7, 11) is 0. The molecule has 0 spiro atoms. The van der Waals surface area contributed by atoms with Crippen LogP contribution in [0, 0.1) is 5.82 Å². The minimum Gasteiger partial charge on any atom is -0.267 e. The van der Waals surface area contributed by atoms with E-state index in [9.17, 15) is 9.18 Å². The molecule has 4 rings (SSSR count). The molecule has 136 valence electrons. The van der Waals surface area contributed by atoms with Crippen LogP contribution >= 0.6 is 0 Å². The summed E-state index contributed by atoms with van der Waals surface area (Å²) in [5.41, 5.74) is 5.40. The van der Waals surface area contributed by atoms with Gasteiger partial charge in [0.05, 0.1) is 23.0 Å². The van der Waals surface area contributed by atoms with Gasteiger partial charge in [-0.2, -0.15) is 5.10 Å². The Morgan fingerprint density at radius 1 is 1.00 bits per heavy atom. The summed E-state index contributed by atoms with van der Waals surface area (Å²) < 4.78 is 13.7. The number of para-hydroxylation sites is 1. The van der Waals surface area contributed by atoms with E-state index in [2.05, 4.69) is 20.5 Å². The van der Waals surface area contributed by atoms with Gasteiger partial charge in [0.1, 0.15) is 5.82 Å². The number of nitrogens with one attached hydrogen (secondary N) is 1. The summed E-state index contributed by atoms with van der Waals surface area (Å²) in [6, 6.07) is 19.0. The molecule has 0 aliphatic rings. The maximum atomic E-state index is 13.7. The standard InChI is InChI=1S/C22H15FN4O/c23-19-7-3-1-5-16(19)14-25-27-22(28)18-13-21(15-9-11-24-12-10-15)26-20-8-4-2-6-17(18)20/h1-14H,(H,27,28)/b25-14+. The van der Waals surface area contributed by atoms with Gasteiger partial charge < -0.3 is 0 Å². The summed E-state index contributed by atoms with van der Waals surface area (Å²) in [6.07, 6.45) is 4.62. The van der Waals surface area contributed by atoms with Crippen molar-refractivity contribution in [2.24, 2.45) is 5.10 Å². The van der Waals surface area contributed by atoms with Crippen molar-refractivity contribution in [3.05, 3.63) is 96.1 Å². The third kappa shape index (κ3) is 3.61. The Hall–Kier alpha value is -3.93. The van der Waals surface area contributed by atoms with Gasteiger partial charge in [-0.3, -0.25) is 9.78 Å². The number of hydrogen-bond donors (Lipinski definition) is 1. The largest absolute Gasteiger partial charge is 0.272 e. The molecule has 28 heavy (non-hydrogen) atoms. The number of rotatable bonds is 4. The molecule has 0 fully saturated rings. The first-order valence-electron chi connectivity index (χ1n) is 8.60. The Labute approximate surface area is 160 Å². The van der Waals surface area contributed by atoms with Crippen molar-refractivity contribution in [1.82, 2.24) is 15.4 Å². The van der Waals surface area contributed by atoms with Crippen LogP contribution in [0.4, 0.5) is 4.39 Å². The number of carbonyl (C=O) groups excluding carboxylic acids is 1. The van der Waals surface area contributed by atoms with Gasteiger partial charge in [-0.1, -0.05) is 36.4 Å². The molecule has 2 aromatic carbocycles. The maximum absolute atomic E-state index is 13.7. The predicted octanol–water partition coefficient (Wildman–Crippen LogP) is 4.20. The lowest BCUT2D eigenvalue weighted by molar-refractivity contribution is 0.0956. The molecular weight excluding hydrogens is 355 g/mol. The molecule has 6 heteroatoms. The number of hydrogen-bond acceptors (Lipinski definition) is 4. The van der Waals surface area contributed by atoms with E-state index in [-0.39, 0.29) is 0 Å². The second-order valence-corrected chi connectivity index (χ2v) is 6.03. The van der Waals surface area contributed by atoms with Crippen molar-refractivity contribution in [1.29, 1.82) is 0 Å². The van der Waals surface area contributed by atoms with Crippen LogP contribution < -0.4 is 5.43 Å². The fourth-order valence-electron chi connectivity index (χ4n) is 2.83. The molecule has 5 nitrogen and oxygen atoms in total. The Kier molecular flexibility index (Phi) is 4.84. The van der Waals surface area contributed by atoms with E-state index in [1.54, 1.807) is 36.7 Å². The predicted molar refractivity (Wildman–Crippen MR) is 106 cm³/mol. The average Bonchev–Trinajstić information content (AvgIpc) is 2.75. The molecule has 1 N–H and O–H groups in total. The highest BCUT2D eigenvalue weighted by molar-refractivity contribution is 6.07. The highest BCUT2D eigenvalue weighted by atomic mass is 19.1. The van der Waals surface area contributed by atoms with Crippen LogP contribution in [0.5, 0.6) is 0 Å². The fraction of sp³-hybridized carbons (Fsp3) is 0. The van der Waals surface area contributed by atoms with Crippen molar-refractivity contribution in [2.75, 3.05) is 0 Å². The number of benzene rings is 2. The Morgan fingerprint density at radius 2 is 1.75 bits per heavy atom. The highest BCUT2D eigenvalue weighted by Crippen LogP contribution is 2.24. The first-order valence-corrected chi connectivity index (χ1v) is 8.60. The third-order valence-corrected chi connectivity index (χ3v) is 4.21. The highest BCUT2D eigenvalue weighted by Gasteiger charge is 2.13. The minimum absolute atomic E-state index is 0.292. The first-order chi connectivity index (χ1) is 13.7. The van der Waals surface area contributed by atoms with Crippen LogP contribution in [0.15, 0.2) is 84.2 Å². The first kappa shape index (κ1) is 17.5. The van der Waals surface area contributed by atoms with Gasteiger partial charge in [0.25, 0.3) is 5.91 Å².